The molecule has 1 aromatic rings. The predicted molar refractivity (Wildman–Crippen MR) is 93.2 cm³/mol. The summed E-state index contributed by atoms with van der Waals surface area (Å²) < 4.78 is 65.4. The van der Waals surface area contributed by atoms with E-state index in [9.17, 15) is 21.6 Å². The Bertz CT molecular complexity index is 687. The van der Waals surface area contributed by atoms with E-state index in [-0.39, 0.29) is 30.6 Å². The van der Waals surface area contributed by atoms with E-state index in [1.807, 2.05) is 0 Å². The second-order valence-electron chi connectivity index (χ2n) is 5.22. The average Bonchev–Trinajstić information content (AvgIpc) is 2.53. The smallest absolute Gasteiger partial charge is 0.406 e. The first-order valence-electron chi connectivity index (χ1n) is 7.93. The van der Waals surface area contributed by atoms with Crippen LogP contribution >= 0.6 is 0 Å². The topological polar surface area (TPSA) is 97.0 Å². The van der Waals surface area contributed by atoms with Crippen LogP contribution < -0.4 is 15.8 Å². The SMILES string of the molecule is CCN(CC)S(=O)(=O)CCNC(N)=NCc1ccc(OC(F)(F)F)cc1. The van der Waals surface area contributed by atoms with E-state index in [1.165, 1.54) is 28.6 Å². The molecule has 0 spiro atoms. The number of nitrogens with one attached hydrogen (secondary N) is 1. The molecule has 0 aliphatic rings. The number of ether oxygens (including phenoxy) is 1. The number of guanidine groups is 1. The monoisotopic (exact) mass is 396 g/mol. The third-order valence-corrected chi connectivity index (χ3v) is 5.38. The van der Waals surface area contributed by atoms with Crippen molar-refractivity contribution in [3.05, 3.63) is 29.8 Å². The van der Waals surface area contributed by atoms with Crippen LogP contribution in [0.5, 0.6) is 5.75 Å². The van der Waals surface area contributed by atoms with Crippen LogP contribution in [0.2, 0.25) is 0 Å². The zero-order valence-corrected chi connectivity index (χ0v) is 15.4. The van der Waals surface area contributed by atoms with E-state index in [0.29, 0.717) is 18.7 Å². The molecule has 3 N–H and O–H groups in total. The molecule has 7 nitrogen and oxygen atoms in total. The number of benzene rings is 1. The number of rotatable bonds is 9. The Kier molecular flexibility index (Phi) is 8.15. The highest BCUT2D eigenvalue weighted by Gasteiger charge is 2.30. The van der Waals surface area contributed by atoms with Crippen LogP contribution in [0.15, 0.2) is 29.3 Å². The summed E-state index contributed by atoms with van der Waals surface area (Å²) in [6.07, 6.45) is -4.74. The van der Waals surface area contributed by atoms with Crippen LogP contribution in [0.1, 0.15) is 19.4 Å². The average molecular weight is 396 g/mol. The van der Waals surface area contributed by atoms with E-state index < -0.39 is 16.4 Å². The molecule has 0 unspecified atom stereocenters. The molecule has 148 valence electrons. The number of alkyl halides is 3. The molecular formula is C15H23F3N4O3S. The molecule has 0 aliphatic heterocycles. The van der Waals surface area contributed by atoms with Gasteiger partial charge in [0.2, 0.25) is 10.0 Å². The minimum atomic E-state index is -4.74. The van der Waals surface area contributed by atoms with Gasteiger partial charge in [0, 0.05) is 19.6 Å². The maximum Gasteiger partial charge on any atom is 0.573 e. The van der Waals surface area contributed by atoms with Crippen molar-refractivity contribution in [3.63, 3.8) is 0 Å². The summed E-state index contributed by atoms with van der Waals surface area (Å²) in [5.41, 5.74) is 6.29. The maximum absolute atomic E-state index is 12.1. The van der Waals surface area contributed by atoms with Crippen LogP contribution in [-0.2, 0) is 16.6 Å². The summed E-state index contributed by atoms with van der Waals surface area (Å²) in [6, 6.07) is 5.22. The third-order valence-electron chi connectivity index (χ3n) is 3.35. The maximum atomic E-state index is 12.1. The summed E-state index contributed by atoms with van der Waals surface area (Å²) in [5.74, 6) is -0.387. The lowest BCUT2D eigenvalue weighted by Crippen LogP contribution is -2.39. The van der Waals surface area contributed by atoms with Crippen molar-refractivity contribution in [2.24, 2.45) is 10.7 Å². The number of nitrogens with two attached hydrogens (primary N) is 1. The molecule has 0 aromatic heterocycles. The number of halogens is 3. The van der Waals surface area contributed by atoms with Crippen molar-refractivity contribution in [1.82, 2.24) is 9.62 Å². The van der Waals surface area contributed by atoms with Gasteiger partial charge in [-0.2, -0.15) is 0 Å². The fourth-order valence-electron chi connectivity index (χ4n) is 2.08. The third kappa shape index (κ3) is 7.91. The lowest BCUT2D eigenvalue weighted by molar-refractivity contribution is -0.274. The van der Waals surface area contributed by atoms with Gasteiger partial charge < -0.3 is 15.8 Å². The van der Waals surface area contributed by atoms with Gasteiger partial charge >= 0.3 is 6.36 Å². The zero-order chi connectivity index (χ0) is 19.8. The number of hydrogen-bond acceptors (Lipinski definition) is 4. The van der Waals surface area contributed by atoms with Crippen molar-refractivity contribution in [2.45, 2.75) is 26.8 Å². The summed E-state index contributed by atoms with van der Waals surface area (Å²) in [4.78, 5) is 4.02. The minimum absolute atomic E-state index is 0.0513. The van der Waals surface area contributed by atoms with Gasteiger partial charge in [-0.1, -0.05) is 26.0 Å². The standard InChI is InChI=1S/C15H23F3N4O3S/c1-3-22(4-2)26(23,24)10-9-20-14(19)21-11-12-5-7-13(8-6-12)25-15(16,17)18/h5-8H,3-4,9-11H2,1-2H3,(H3,19,20,21). The molecule has 0 bridgehead atoms. The van der Waals surface area contributed by atoms with Crippen molar-refractivity contribution >= 4 is 16.0 Å². The first-order chi connectivity index (χ1) is 12.1. The molecule has 0 heterocycles. The molecule has 0 amide bonds. The first kappa shape index (κ1) is 22.0. The quantitative estimate of drug-likeness (QED) is 0.489. The van der Waals surface area contributed by atoms with Crippen molar-refractivity contribution < 1.29 is 26.3 Å². The van der Waals surface area contributed by atoms with Gasteiger partial charge in [0.15, 0.2) is 5.96 Å². The van der Waals surface area contributed by atoms with E-state index in [2.05, 4.69) is 15.0 Å². The largest absolute Gasteiger partial charge is 0.573 e. The van der Waals surface area contributed by atoms with Crippen LogP contribution in [0.3, 0.4) is 0 Å². The number of aliphatic imine (C=N–C) groups is 1. The molecule has 11 heteroatoms. The summed E-state index contributed by atoms with van der Waals surface area (Å²) in [6.45, 7) is 4.55. The number of hydrogen-bond donors (Lipinski definition) is 2. The minimum Gasteiger partial charge on any atom is -0.406 e. The molecule has 0 saturated carbocycles. The fraction of sp³-hybridized carbons (Fsp3) is 0.533. The van der Waals surface area contributed by atoms with Gasteiger partial charge in [0.05, 0.1) is 12.3 Å². The fourth-order valence-corrected chi connectivity index (χ4v) is 3.49. The van der Waals surface area contributed by atoms with E-state index in [1.54, 1.807) is 13.8 Å². The van der Waals surface area contributed by atoms with Gasteiger partial charge in [-0.3, -0.25) is 0 Å². The Hall–Kier alpha value is -2.01. The Morgan fingerprint density at radius 2 is 1.81 bits per heavy atom. The molecule has 0 saturated heterocycles. The predicted octanol–water partition coefficient (Wildman–Crippen LogP) is 1.66. The molecule has 1 aromatic carbocycles. The lowest BCUT2D eigenvalue weighted by atomic mass is 10.2. The van der Waals surface area contributed by atoms with Crippen LogP contribution in [-0.4, -0.2) is 50.4 Å². The Morgan fingerprint density at radius 3 is 2.31 bits per heavy atom. The molecule has 0 radical (unpaired) electrons. The second-order valence-corrected chi connectivity index (χ2v) is 7.31. The second kappa shape index (κ2) is 9.62. The molecule has 0 aliphatic carbocycles. The summed E-state index contributed by atoms with van der Waals surface area (Å²) >= 11 is 0. The van der Waals surface area contributed by atoms with E-state index in [0.717, 1.165) is 0 Å². The zero-order valence-electron chi connectivity index (χ0n) is 14.6. The van der Waals surface area contributed by atoms with Crippen LogP contribution in [0, 0.1) is 0 Å². The van der Waals surface area contributed by atoms with Gasteiger partial charge in [0.25, 0.3) is 0 Å². The highest BCUT2D eigenvalue weighted by atomic mass is 32.2. The molecular weight excluding hydrogens is 373 g/mol. The number of sulfonamides is 1. The Labute approximate surface area is 151 Å². The van der Waals surface area contributed by atoms with Crippen LogP contribution in [0.4, 0.5) is 13.2 Å². The highest BCUT2D eigenvalue weighted by molar-refractivity contribution is 7.89. The van der Waals surface area contributed by atoms with E-state index in [4.69, 9.17) is 5.73 Å². The Morgan fingerprint density at radius 1 is 1.23 bits per heavy atom. The molecule has 0 atom stereocenters. The summed E-state index contributed by atoms with van der Waals surface area (Å²) in [5, 5.41) is 2.70. The first-order valence-corrected chi connectivity index (χ1v) is 9.54. The lowest BCUT2D eigenvalue weighted by Gasteiger charge is -2.18. The molecule has 0 fully saturated rings. The van der Waals surface area contributed by atoms with Gasteiger partial charge in [0.1, 0.15) is 5.75 Å². The van der Waals surface area contributed by atoms with Crippen LogP contribution in [0.25, 0.3) is 0 Å². The van der Waals surface area contributed by atoms with Crippen molar-refractivity contribution in [3.8, 4) is 5.75 Å². The highest BCUT2D eigenvalue weighted by Crippen LogP contribution is 2.22. The normalized spacial score (nSPS) is 13.1. The summed E-state index contributed by atoms with van der Waals surface area (Å²) in [7, 11) is -3.35. The number of nitrogens with zero attached hydrogens (tertiary/aromatic N) is 2. The van der Waals surface area contributed by atoms with Crippen molar-refractivity contribution in [2.75, 3.05) is 25.4 Å². The van der Waals surface area contributed by atoms with Gasteiger partial charge in [-0.05, 0) is 17.7 Å². The van der Waals surface area contributed by atoms with E-state index >= 15 is 0 Å². The Balaban J connectivity index is 2.49. The van der Waals surface area contributed by atoms with Gasteiger partial charge in [-0.25, -0.2) is 17.7 Å². The molecule has 1 rings (SSSR count). The molecule has 26 heavy (non-hydrogen) atoms. The van der Waals surface area contributed by atoms with Gasteiger partial charge in [-0.15, -0.1) is 13.2 Å². The van der Waals surface area contributed by atoms with Crippen molar-refractivity contribution in [1.29, 1.82) is 0 Å².